The third-order valence-corrected chi connectivity index (χ3v) is 6.90. The normalized spacial score (nSPS) is 15.9. The maximum atomic E-state index is 13.1. The number of carbonyl (C=O) groups is 2. The summed E-state index contributed by atoms with van der Waals surface area (Å²) >= 11 is 0. The monoisotopic (exact) mass is 491 g/mol. The second-order valence-electron chi connectivity index (χ2n) is 8.97. The van der Waals surface area contributed by atoms with Gasteiger partial charge in [-0.3, -0.25) is 4.79 Å². The quantitative estimate of drug-likeness (QED) is 0.504. The van der Waals surface area contributed by atoms with Crippen molar-refractivity contribution in [3.05, 3.63) is 71.0 Å². The predicted molar refractivity (Wildman–Crippen MR) is 131 cm³/mol. The number of hydrogen-bond acceptors (Lipinski definition) is 7. The fraction of sp³-hybridized carbons (Fsp3) is 0.370. The highest BCUT2D eigenvalue weighted by Gasteiger charge is 2.36. The summed E-state index contributed by atoms with van der Waals surface area (Å²) in [6, 6.07) is 13.1. The molecule has 9 nitrogen and oxygen atoms in total. The molecule has 0 aliphatic carbocycles. The molecule has 5 rings (SSSR count). The number of aromatic nitrogens is 2. The molecule has 0 radical (unpaired) electrons. The largest absolute Gasteiger partial charge is 0.462 e. The van der Waals surface area contributed by atoms with E-state index in [1.54, 1.807) is 23.7 Å². The number of fused-ring (bicyclic) bond motifs is 1. The number of esters is 1. The van der Waals surface area contributed by atoms with E-state index in [9.17, 15) is 9.59 Å². The second kappa shape index (κ2) is 10.0. The number of benzene rings is 2. The minimum Gasteiger partial charge on any atom is -0.462 e. The van der Waals surface area contributed by atoms with Crippen LogP contribution in [0.3, 0.4) is 0 Å². The first-order valence-electron chi connectivity index (χ1n) is 12.1. The molecule has 1 aromatic heterocycles. The average molecular weight is 492 g/mol. The third kappa shape index (κ3) is 4.54. The molecule has 2 aromatic carbocycles. The molecule has 1 amide bonds. The van der Waals surface area contributed by atoms with Gasteiger partial charge in [0.15, 0.2) is 11.5 Å². The molecular weight excluding hydrogens is 462 g/mol. The molecule has 0 spiro atoms. The van der Waals surface area contributed by atoms with Crippen LogP contribution in [-0.2, 0) is 14.9 Å². The molecule has 0 unspecified atom stereocenters. The topological polar surface area (TPSA) is 101 Å². The van der Waals surface area contributed by atoms with E-state index in [4.69, 9.17) is 18.9 Å². The zero-order valence-electron chi connectivity index (χ0n) is 20.4. The zero-order valence-corrected chi connectivity index (χ0v) is 20.4. The Hall–Kier alpha value is -3.85. The van der Waals surface area contributed by atoms with Crippen LogP contribution in [0.4, 0.5) is 0 Å². The van der Waals surface area contributed by atoms with E-state index >= 15 is 0 Å². The minimum absolute atomic E-state index is 0.155. The van der Waals surface area contributed by atoms with Crippen LogP contribution in [0.2, 0.25) is 0 Å². The van der Waals surface area contributed by atoms with Crippen LogP contribution >= 0.6 is 0 Å². The summed E-state index contributed by atoms with van der Waals surface area (Å²) in [6.45, 7) is 5.85. The van der Waals surface area contributed by atoms with Gasteiger partial charge in [0.05, 0.1) is 24.2 Å². The lowest BCUT2D eigenvalue weighted by atomic mass is 9.74. The number of ether oxygens (including phenoxy) is 4. The van der Waals surface area contributed by atoms with Crippen molar-refractivity contribution in [1.29, 1.82) is 0 Å². The molecule has 2 aliphatic heterocycles. The fourth-order valence-electron chi connectivity index (χ4n) is 4.74. The van der Waals surface area contributed by atoms with Crippen molar-refractivity contribution in [2.45, 2.75) is 32.1 Å². The Balaban J connectivity index is 1.30. The SMILES string of the molecule is CCOC(=O)c1cnn(-c2ccc(C(=O)NCC3(c4ccc5c(c4)OCO5)CCOCC3)cc2)c1C. The molecule has 188 valence electrons. The van der Waals surface area contributed by atoms with Gasteiger partial charge < -0.3 is 24.3 Å². The summed E-state index contributed by atoms with van der Waals surface area (Å²) in [7, 11) is 0. The average Bonchev–Trinajstić information content (AvgIpc) is 3.54. The van der Waals surface area contributed by atoms with E-state index in [1.165, 1.54) is 6.20 Å². The van der Waals surface area contributed by atoms with Gasteiger partial charge >= 0.3 is 5.97 Å². The first kappa shape index (κ1) is 23.9. The maximum Gasteiger partial charge on any atom is 0.341 e. The molecule has 3 aromatic rings. The summed E-state index contributed by atoms with van der Waals surface area (Å²) in [4.78, 5) is 25.1. The van der Waals surface area contributed by atoms with Crippen molar-refractivity contribution in [3.63, 3.8) is 0 Å². The molecule has 9 heteroatoms. The van der Waals surface area contributed by atoms with Crippen LogP contribution in [0.1, 0.15) is 51.7 Å². The molecule has 0 atom stereocenters. The van der Waals surface area contributed by atoms with E-state index in [2.05, 4.69) is 16.5 Å². The van der Waals surface area contributed by atoms with Gasteiger partial charge in [-0.25, -0.2) is 9.48 Å². The van der Waals surface area contributed by atoms with Crippen molar-refractivity contribution in [3.8, 4) is 17.2 Å². The van der Waals surface area contributed by atoms with Gasteiger partial charge in [0, 0.05) is 30.7 Å². The number of nitrogens with zero attached hydrogens (tertiary/aromatic N) is 2. The van der Waals surface area contributed by atoms with Gasteiger partial charge in [0.1, 0.15) is 5.56 Å². The first-order valence-corrected chi connectivity index (χ1v) is 12.1. The molecule has 1 N–H and O–H groups in total. The Kier molecular flexibility index (Phi) is 6.65. The fourth-order valence-corrected chi connectivity index (χ4v) is 4.74. The summed E-state index contributed by atoms with van der Waals surface area (Å²) in [5.41, 5.74) is 3.25. The van der Waals surface area contributed by atoms with E-state index in [0.29, 0.717) is 43.2 Å². The van der Waals surface area contributed by atoms with Crippen molar-refractivity contribution >= 4 is 11.9 Å². The minimum atomic E-state index is -0.401. The predicted octanol–water partition coefficient (Wildman–Crippen LogP) is 3.56. The number of rotatable bonds is 7. The van der Waals surface area contributed by atoms with Crippen molar-refractivity contribution < 1.29 is 28.5 Å². The summed E-state index contributed by atoms with van der Waals surface area (Å²) in [5, 5.41) is 7.44. The van der Waals surface area contributed by atoms with Crippen LogP contribution in [0.5, 0.6) is 11.5 Å². The highest BCUT2D eigenvalue weighted by atomic mass is 16.7. The van der Waals surface area contributed by atoms with Crippen LogP contribution in [0.25, 0.3) is 5.69 Å². The second-order valence-corrected chi connectivity index (χ2v) is 8.97. The highest BCUT2D eigenvalue weighted by molar-refractivity contribution is 5.94. The highest BCUT2D eigenvalue weighted by Crippen LogP contribution is 2.40. The Morgan fingerprint density at radius 3 is 2.58 bits per heavy atom. The summed E-state index contributed by atoms with van der Waals surface area (Å²) < 4.78 is 23.4. The van der Waals surface area contributed by atoms with Gasteiger partial charge in [0.25, 0.3) is 5.91 Å². The Bertz CT molecular complexity index is 1260. The van der Waals surface area contributed by atoms with E-state index in [-0.39, 0.29) is 18.1 Å². The van der Waals surface area contributed by atoms with Gasteiger partial charge in [-0.05, 0) is 68.7 Å². The number of hydrogen-bond donors (Lipinski definition) is 1. The van der Waals surface area contributed by atoms with Crippen molar-refractivity contribution in [1.82, 2.24) is 15.1 Å². The number of amides is 1. The van der Waals surface area contributed by atoms with Gasteiger partial charge in [-0.1, -0.05) is 6.07 Å². The standard InChI is InChI=1S/C27H29N3O6/c1-3-34-26(32)22-15-29-30(18(22)2)21-7-4-19(5-8-21)25(31)28-16-27(10-12-33-13-11-27)20-6-9-23-24(14-20)36-17-35-23/h4-9,14-15H,3,10-13,16-17H2,1-2H3,(H,28,31). The lowest BCUT2D eigenvalue weighted by Gasteiger charge is -2.38. The lowest BCUT2D eigenvalue weighted by Crippen LogP contribution is -2.44. The molecule has 1 fully saturated rings. The van der Waals surface area contributed by atoms with Crippen LogP contribution in [0.15, 0.2) is 48.7 Å². The third-order valence-electron chi connectivity index (χ3n) is 6.90. The number of carbonyl (C=O) groups excluding carboxylic acids is 2. The van der Waals surface area contributed by atoms with E-state index in [1.807, 2.05) is 31.2 Å². The molecule has 0 bridgehead atoms. The van der Waals surface area contributed by atoms with Gasteiger partial charge in [-0.2, -0.15) is 5.10 Å². The summed E-state index contributed by atoms with van der Waals surface area (Å²) in [5.74, 6) is 0.923. The molecule has 1 saturated heterocycles. The molecule has 2 aliphatic rings. The Morgan fingerprint density at radius 2 is 1.83 bits per heavy atom. The molecule has 36 heavy (non-hydrogen) atoms. The lowest BCUT2D eigenvalue weighted by molar-refractivity contribution is 0.0486. The maximum absolute atomic E-state index is 13.1. The van der Waals surface area contributed by atoms with Crippen LogP contribution in [-0.4, -0.2) is 54.8 Å². The molecular formula is C27H29N3O6. The zero-order chi connectivity index (χ0) is 25.1. The molecule has 3 heterocycles. The van der Waals surface area contributed by atoms with E-state index in [0.717, 1.165) is 35.6 Å². The van der Waals surface area contributed by atoms with Crippen molar-refractivity contribution in [2.75, 3.05) is 33.2 Å². The first-order chi connectivity index (χ1) is 17.5. The Labute approximate surface area is 209 Å². The van der Waals surface area contributed by atoms with Gasteiger partial charge in [-0.15, -0.1) is 0 Å². The van der Waals surface area contributed by atoms with Crippen LogP contribution in [0, 0.1) is 6.92 Å². The van der Waals surface area contributed by atoms with Crippen LogP contribution < -0.4 is 14.8 Å². The smallest absolute Gasteiger partial charge is 0.341 e. The van der Waals surface area contributed by atoms with Gasteiger partial charge in [0.2, 0.25) is 6.79 Å². The number of nitrogens with one attached hydrogen (secondary N) is 1. The Morgan fingerprint density at radius 1 is 1.08 bits per heavy atom. The van der Waals surface area contributed by atoms with E-state index < -0.39 is 5.97 Å². The molecule has 0 saturated carbocycles. The summed E-state index contributed by atoms with van der Waals surface area (Å²) in [6.07, 6.45) is 3.10. The van der Waals surface area contributed by atoms with Crippen molar-refractivity contribution in [2.24, 2.45) is 0 Å².